The van der Waals surface area contributed by atoms with Crippen LogP contribution in [-0.4, -0.2) is 28.2 Å². The first kappa shape index (κ1) is 16.0. The summed E-state index contributed by atoms with van der Waals surface area (Å²) in [6.07, 6.45) is 0.335. The number of benzene rings is 1. The van der Waals surface area contributed by atoms with Gasteiger partial charge >= 0.3 is 5.97 Å². The van der Waals surface area contributed by atoms with Crippen molar-refractivity contribution >= 4 is 23.5 Å². The van der Waals surface area contributed by atoms with Gasteiger partial charge in [0.2, 0.25) is 5.76 Å². The van der Waals surface area contributed by atoms with Crippen molar-refractivity contribution in [2.75, 3.05) is 0 Å². The molecule has 0 aliphatic heterocycles. The molecule has 1 aromatic heterocycles. The summed E-state index contributed by atoms with van der Waals surface area (Å²) in [5.74, 6) is -1.26. The van der Waals surface area contributed by atoms with Crippen molar-refractivity contribution in [2.24, 2.45) is 0 Å². The predicted octanol–water partition coefficient (Wildman–Crippen LogP) is 2.98. The predicted molar refractivity (Wildman–Crippen MR) is 80.7 cm³/mol. The van der Waals surface area contributed by atoms with Gasteiger partial charge in [0.1, 0.15) is 5.69 Å². The van der Waals surface area contributed by atoms with Crippen molar-refractivity contribution in [2.45, 2.75) is 25.8 Å². The van der Waals surface area contributed by atoms with Gasteiger partial charge in [-0.3, -0.25) is 9.59 Å². The highest BCUT2D eigenvalue weighted by atomic mass is 35.5. The lowest BCUT2D eigenvalue weighted by molar-refractivity contribution is -0.137. The van der Waals surface area contributed by atoms with E-state index in [1.54, 1.807) is 31.2 Å². The Morgan fingerprint density at radius 2 is 2.18 bits per heavy atom. The second-order valence-corrected chi connectivity index (χ2v) is 5.33. The fraction of sp³-hybridized carbons (Fsp3) is 0.267. The van der Waals surface area contributed by atoms with Crippen LogP contribution >= 0.6 is 11.6 Å². The Kier molecular flexibility index (Phi) is 5.16. The number of halogens is 1. The summed E-state index contributed by atoms with van der Waals surface area (Å²) in [5.41, 5.74) is 1.25. The van der Waals surface area contributed by atoms with Crippen LogP contribution in [0.1, 0.15) is 30.3 Å². The Bertz CT molecular complexity index is 684. The standard InChI is InChI=1S/C15H15ClN2O4/c1-9(5-6-14(19)20)17-15(21)13-8-12(18-22-13)10-3-2-4-11(16)7-10/h2-4,7-9H,5-6H2,1H3,(H,17,21)(H,19,20). The lowest BCUT2D eigenvalue weighted by atomic mass is 10.1. The number of hydrogen-bond acceptors (Lipinski definition) is 4. The molecule has 1 heterocycles. The zero-order valence-corrected chi connectivity index (χ0v) is 12.6. The molecule has 2 rings (SSSR count). The Balaban J connectivity index is 2.01. The van der Waals surface area contributed by atoms with Gasteiger partial charge in [-0.05, 0) is 25.5 Å². The van der Waals surface area contributed by atoms with Crippen LogP contribution in [0.4, 0.5) is 0 Å². The molecular formula is C15H15ClN2O4. The molecule has 7 heteroatoms. The molecule has 1 unspecified atom stereocenters. The molecule has 0 bridgehead atoms. The Labute approximate surface area is 132 Å². The number of amides is 1. The molecule has 0 saturated heterocycles. The quantitative estimate of drug-likeness (QED) is 0.853. The second-order valence-electron chi connectivity index (χ2n) is 4.89. The van der Waals surface area contributed by atoms with Crippen molar-refractivity contribution in [1.82, 2.24) is 10.5 Å². The smallest absolute Gasteiger partial charge is 0.303 e. The molecule has 6 nitrogen and oxygen atoms in total. The summed E-state index contributed by atoms with van der Waals surface area (Å²) in [5, 5.41) is 15.7. The van der Waals surface area contributed by atoms with Gasteiger partial charge in [0.05, 0.1) is 0 Å². The van der Waals surface area contributed by atoms with E-state index in [0.717, 1.165) is 5.56 Å². The van der Waals surface area contributed by atoms with Crippen LogP contribution in [0.5, 0.6) is 0 Å². The number of rotatable bonds is 6. The highest BCUT2D eigenvalue weighted by Gasteiger charge is 2.16. The van der Waals surface area contributed by atoms with Gasteiger partial charge in [0.25, 0.3) is 5.91 Å². The lowest BCUT2D eigenvalue weighted by Crippen LogP contribution is -2.32. The normalized spacial score (nSPS) is 11.9. The van der Waals surface area contributed by atoms with E-state index in [1.807, 2.05) is 0 Å². The number of carboxylic acid groups (broad SMARTS) is 1. The topological polar surface area (TPSA) is 92.4 Å². The van der Waals surface area contributed by atoms with Crippen molar-refractivity contribution in [3.05, 3.63) is 41.1 Å². The summed E-state index contributed by atoms with van der Waals surface area (Å²) >= 11 is 5.91. The maximum atomic E-state index is 12.0. The highest BCUT2D eigenvalue weighted by Crippen LogP contribution is 2.22. The fourth-order valence-corrected chi connectivity index (χ4v) is 2.06. The Morgan fingerprint density at radius 3 is 2.86 bits per heavy atom. The molecule has 0 radical (unpaired) electrons. The third-order valence-electron chi connectivity index (χ3n) is 3.02. The van der Waals surface area contributed by atoms with Gasteiger partial charge < -0.3 is 14.9 Å². The van der Waals surface area contributed by atoms with Crippen LogP contribution in [0.2, 0.25) is 5.02 Å². The monoisotopic (exact) mass is 322 g/mol. The van der Waals surface area contributed by atoms with Crippen LogP contribution in [0.15, 0.2) is 34.9 Å². The first-order valence-corrected chi connectivity index (χ1v) is 7.09. The zero-order chi connectivity index (χ0) is 16.1. The number of nitrogens with one attached hydrogen (secondary N) is 1. The molecule has 0 fully saturated rings. The van der Waals surface area contributed by atoms with E-state index in [0.29, 0.717) is 17.1 Å². The Hall–Kier alpha value is -2.34. The van der Waals surface area contributed by atoms with Crippen LogP contribution in [0.25, 0.3) is 11.3 Å². The number of carbonyl (C=O) groups is 2. The van der Waals surface area contributed by atoms with Gasteiger partial charge in [-0.25, -0.2) is 0 Å². The van der Waals surface area contributed by atoms with E-state index in [4.69, 9.17) is 21.2 Å². The molecule has 0 aliphatic carbocycles. The largest absolute Gasteiger partial charge is 0.481 e. The molecule has 0 saturated carbocycles. The minimum Gasteiger partial charge on any atom is -0.481 e. The van der Waals surface area contributed by atoms with Gasteiger partial charge in [-0.1, -0.05) is 28.9 Å². The van der Waals surface area contributed by atoms with Gasteiger partial charge in [-0.2, -0.15) is 0 Å². The molecule has 0 spiro atoms. The average Bonchev–Trinajstić information content (AvgIpc) is 2.95. The molecule has 2 aromatic rings. The van der Waals surface area contributed by atoms with Crippen molar-refractivity contribution < 1.29 is 19.2 Å². The lowest BCUT2D eigenvalue weighted by Gasteiger charge is -2.10. The van der Waals surface area contributed by atoms with Crippen LogP contribution in [0.3, 0.4) is 0 Å². The molecule has 0 aliphatic rings. The zero-order valence-electron chi connectivity index (χ0n) is 11.9. The minimum atomic E-state index is -0.899. The van der Waals surface area contributed by atoms with E-state index in [-0.39, 0.29) is 18.2 Å². The maximum absolute atomic E-state index is 12.0. The summed E-state index contributed by atoms with van der Waals surface area (Å²) in [6.45, 7) is 1.73. The van der Waals surface area contributed by atoms with E-state index in [1.165, 1.54) is 6.07 Å². The molecule has 1 amide bonds. The highest BCUT2D eigenvalue weighted by molar-refractivity contribution is 6.30. The van der Waals surface area contributed by atoms with E-state index >= 15 is 0 Å². The number of nitrogens with zero attached hydrogens (tertiary/aromatic N) is 1. The Morgan fingerprint density at radius 1 is 1.41 bits per heavy atom. The van der Waals surface area contributed by atoms with E-state index < -0.39 is 11.9 Å². The summed E-state index contributed by atoms with van der Waals surface area (Å²) in [4.78, 5) is 22.5. The molecule has 2 N–H and O–H groups in total. The molecule has 1 aromatic carbocycles. The van der Waals surface area contributed by atoms with Gasteiger partial charge in [-0.15, -0.1) is 0 Å². The van der Waals surface area contributed by atoms with Crippen molar-refractivity contribution in [3.8, 4) is 11.3 Å². The van der Waals surface area contributed by atoms with E-state index in [2.05, 4.69) is 10.5 Å². The third kappa shape index (κ3) is 4.33. The number of carbonyl (C=O) groups excluding carboxylic acids is 1. The molecule has 22 heavy (non-hydrogen) atoms. The first-order chi connectivity index (χ1) is 10.5. The number of aromatic nitrogens is 1. The van der Waals surface area contributed by atoms with Crippen LogP contribution in [-0.2, 0) is 4.79 Å². The second kappa shape index (κ2) is 7.09. The minimum absolute atomic E-state index is 0.00832. The number of aliphatic carboxylic acids is 1. The maximum Gasteiger partial charge on any atom is 0.303 e. The third-order valence-corrected chi connectivity index (χ3v) is 3.26. The van der Waals surface area contributed by atoms with Crippen molar-refractivity contribution in [3.63, 3.8) is 0 Å². The fourth-order valence-electron chi connectivity index (χ4n) is 1.87. The number of hydrogen-bond donors (Lipinski definition) is 2. The molecule has 116 valence electrons. The van der Waals surface area contributed by atoms with Gasteiger partial charge in [0.15, 0.2) is 0 Å². The summed E-state index contributed by atoms with van der Waals surface area (Å²) in [7, 11) is 0. The SMILES string of the molecule is CC(CCC(=O)O)NC(=O)c1cc(-c2cccc(Cl)c2)no1. The van der Waals surface area contributed by atoms with Crippen molar-refractivity contribution in [1.29, 1.82) is 0 Å². The van der Waals surface area contributed by atoms with Crippen LogP contribution in [0, 0.1) is 0 Å². The summed E-state index contributed by atoms with van der Waals surface area (Å²) in [6, 6.07) is 8.29. The van der Waals surface area contributed by atoms with E-state index in [9.17, 15) is 9.59 Å². The van der Waals surface area contributed by atoms with Crippen LogP contribution < -0.4 is 5.32 Å². The number of carboxylic acids is 1. The summed E-state index contributed by atoms with van der Waals surface area (Å²) < 4.78 is 5.03. The first-order valence-electron chi connectivity index (χ1n) is 6.71. The molecule has 1 atom stereocenters. The van der Waals surface area contributed by atoms with Gasteiger partial charge in [0, 0.05) is 29.1 Å². The average molecular weight is 323 g/mol. The molecular weight excluding hydrogens is 308 g/mol.